The van der Waals surface area contributed by atoms with Gasteiger partial charge in [-0.25, -0.2) is 5.01 Å². The van der Waals surface area contributed by atoms with Crippen molar-refractivity contribution in [1.82, 2.24) is 10.4 Å². The van der Waals surface area contributed by atoms with Crippen molar-refractivity contribution in [3.8, 4) is 5.75 Å². The first kappa shape index (κ1) is 23.9. The monoisotopic (exact) mass is 488 g/mol. The van der Waals surface area contributed by atoms with Crippen LogP contribution < -0.4 is 15.2 Å². The van der Waals surface area contributed by atoms with Gasteiger partial charge in [0.15, 0.2) is 0 Å². The van der Waals surface area contributed by atoms with E-state index in [2.05, 4.69) is 5.43 Å². The fraction of sp³-hybridized carbons (Fsp3) is 0.440. The lowest BCUT2D eigenvalue weighted by Crippen LogP contribution is -2.46. The van der Waals surface area contributed by atoms with Gasteiger partial charge in [-0.2, -0.15) is 5.10 Å². The number of nitrogens with one attached hydrogen (secondary N) is 1. The summed E-state index contributed by atoms with van der Waals surface area (Å²) in [6, 6.07) is 13.1. The lowest BCUT2D eigenvalue weighted by molar-refractivity contribution is -0.119. The van der Waals surface area contributed by atoms with E-state index >= 15 is 0 Å². The molecule has 0 bridgehead atoms. The van der Waals surface area contributed by atoms with E-state index in [4.69, 9.17) is 33.0 Å². The minimum atomic E-state index is -0.191. The van der Waals surface area contributed by atoms with Crippen LogP contribution in [0.15, 0.2) is 47.6 Å². The molecule has 0 aliphatic carbocycles. The van der Waals surface area contributed by atoms with Crippen LogP contribution in [0.4, 0.5) is 5.69 Å². The normalized spacial score (nSPS) is 21.5. The minimum absolute atomic E-state index is 0.151. The largest absolute Gasteiger partial charge is 0.494 e. The molecule has 1 saturated heterocycles. The summed E-state index contributed by atoms with van der Waals surface area (Å²) in [6.45, 7) is 6.33. The number of rotatable bonds is 6. The number of amides is 1. The lowest BCUT2D eigenvalue weighted by Gasteiger charge is -2.28. The van der Waals surface area contributed by atoms with Crippen LogP contribution in [0.3, 0.4) is 0 Å². The van der Waals surface area contributed by atoms with Gasteiger partial charge < -0.3 is 4.74 Å². The second kappa shape index (κ2) is 10.8. The molecule has 0 radical (unpaired) electrons. The van der Waals surface area contributed by atoms with Crippen molar-refractivity contribution in [3.05, 3.63) is 58.1 Å². The Bertz CT molecular complexity index is 1000. The standard InChI is InChI=1S/C25H30Cl2N4O2/c1-3-33-20-11-8-18(9-12-20)24-17(2)23(25(32)29-30-14-6-4-5-7-15-30)28-31(24)22-13-10-19(26)16-21(22)27/h8-13,16-17,24H,3-7,14-15H2,1-2H3,(H,29,32)/t17-,24-/m1/s1. The van der Waals surface area contributed by atoms with Gasteiger partial charge in [0.1, 0.15) is 11.5 Å². The van der Waals surface area contributed by atoms with E-state index in [0.717, 1.165) is 37.2 Å². The number of carbonyl (C=O) groups excluding carboxylic acids is 1. The molecule has 2 aliphatic rings. The van der Waals surface area contributed by atoms with Crippen molar-refractivity contribution in [2.75, 3.05) is 24.7 Å². The number of hydrazone groups is 1. The summed E-state index contributed by atoms with van der Waals surface area (Å²) in [4.78, 5) is 13.3. The second-order valence-electron chi connectivity index (χ2n) is 8.50. The van der Waals surface area contributed by atoms with Crippen LogP contribution in [0.1, 0.15) is 51.1 Å². The van der Waals surface area contributed by atoms with Crippen molar-refractivity contribution < 1.29 is 9.53 Å². The van der Waals surface area contributed by atoms with Crippen LogP contribution in [-0.2, 0) is 4.79 Å². The Labute approximate surface area is 205 Å². The zero-order valence-corrected chi connectivity index (χ0v) is 20.6. The first-order chi connectivity index (χ1) is 16.0. The number of hydrogen-bond donors (Lipinski definition) is 1. The van der Waals surface area contributed by atoms with Crippen LogP contribution in [0.5, 0.6) is 5.75 Å². The first-order valence-corrected chi connectivity index (χ1v) is 12.3. The molecule has 1 amide bonds. The van der Waals surface area contributed by atoms with Gasteiger partial charge in [0.05, 0.1) is 23.4 Å². The Morgan fingerprint density at radius 2 is 1.79 bits per heavy atom. The van der Waals surface area contributed by atoms with Gasteiger partial charge in [0, 0.05) is 24.0 Å². The van der Waals surface area contributed by atoms with Crippen LogP contribution in [-0.4, -0.2) is 36.3 Å². The van der Waals surface area contributed by atoms with E-state index in [1.807, 2.05) is 54.2 Å². The van der Waals surface area contributed by atoms with Gasteiger partial charge in [-0.05, 0) is 55.7 Å². The number of halogens is 2. The summed E-state index contributed by atoms with van der Waals surface area (Å²) < 4.78 is 5.60. The zero-order valence-electron chi connectivity index (χ0n) is 19.1. The van der Waals surface area contributed by atoms with Crippen LogP contribution in [0, 0.1) is 5.92 Å². The molecule has 6 nitrogen and oxygen atoms in total. The molecule has 0 unspecified atom stereocenters. The second-order valence-corrected chi connectivity index (χ2v) is 9.35. The fourth-order valence-electron chi connectivity index (χ4n) is 4.49. The third-order valence-corrected chi connectivity index (χ3v) is 6.71. The summed E-state index contributed by atoms with van der Waals surface area (Å²) in [5.74, 6) is 0.498. The molecule has 0 saturated carbocycles. The number of carbonyl (C=O) groups is 1. The van der Waals surface area contributed by atoms with Gasteiger partial charge in [-0.3, -0.25) is 15.2 Å². The third-order valence-electron chi connectivity index (χ3n) is 6.17. The molecule has 1 N–H and O–H groups in total. The number of nitrogens with zero attached hydrogens (tertiary/aromatic N) is 3. The molecule has 8 heteroatoms. The van der Waals surface area contributed by atoms with Gasteiger partial charge in [-0.1, -0.05) is 55.1 Å². The molecule has 2 aromatic rings. The average Bonchev–Trinajstić information content (AvgIpc) is 2.95. The minimum Gasteiger partial charge on any atom is -0.494 e. The highest BCUT2D eigenvalue weighted by Gasteiger charge is 2.40. The Morgan fingerprint density at radius 1 is 1.09 bits per heavy atom. The molecular weight excluding hydrogens is 459 g/mol. The predicted octanol–water partition coefficient (Wildman–Crippen LogP) is 5.85. The quantitative estimate of drug-likeness (QED) is 0.553. The maximum atomic E-state index is 13.3. The summed E-state index contributed by atoms with van der Waals surface area (Å²) >= 11 is 12.7. The van der Waals surface area contributed by atoms with Crippen molar-refractivity contribution in [1.29, 1.82) is 0 Å². The molecular formula is C25H30Cl2N4O2. The highest BCUT2D eigenvalue weighted by molar-refractivity contribution is 6.41. The summed E-state index contributed by atoms with van der Waals surface area (Å²) in [7, 11) is 0. The van der Waals surface area contributed by atoms with Crippen LogP contribution in [0.25, 0.3) is 0 Å². The van der Waals surface area contributed by atoms with Gasteiger partial charge >= 0.3 is 0 Å². The molecule has 0 aromatic heterocycles. The first-order valence-electron chi connectivity index (χ1n) is 11.6. The number of hydrogen-bond acceptors (Lipinski definition) is 5. The fourth-order valence-corrected chi connectivity index (χ4v) is 4.99. The third kappa shape index (κ3) is 5.45. The Kier molecular flexibility index (Phi) is 7.78. The molecule has 1 fully saturated rings. The van der Waals surface area contributed by atoms with E-state index in [0.29, 0.717) is 28.1 Å². The molecule has 2 aromatic carbocycles. The number of benzene rings is 2. The van der Waals surface area contributed by atoms with Crippen molar-refractivity contribution in [2.24, 2.45) is 11.0 Å². The maximum Gasteiger partial charge on any atom is 0.282 e. The SMILES string of the molecule is CCOc1ccc([C@H]2[C@H](C)C(C(=O)NN3CCCCCC3)=NN2c2ccc(Cl)cc2Cl)cc1. The molecule has 2 atom stereocenters. The molecule has 176 valence electrons. The van der Waals surface area contributed by atoms with E-state index in [-0.39, 0.29) is 17.9 Å². The maximum absolute atomic E-state index is 13.3. The van der Waals surface area contributed by atoms with Crippen LogP contribution >= 0.6 is 23.2 Å². The zero-order chi connectivity index (χ0) is 23.4. The predicted molar refractivity (Wildman–Crippen MR) is 134 cm³/mol. The van der Waals surface area contributed by atoms with E-state index < -0.39 is 0 Å². The van der Waals surface area contributed by atoms with Crippen LogP contribution in [0.2, 0.25) is 10.0 Å². The lowest BCUT2D eigenvalue weighted by atomic mass is 9.91. The van der Waals surface area contributed by atoms with Crippen molar-refractivity contribution >= 4 is 40.5 Å². The van der Waals surface area contributed by atoms with Gasteiger partial charge in [0.25, 0.3) is 5.91 Å². The summed E-state index contributed by atoms with van der Waals surface area (Å²) in [6.07, 6.45) is 4.58. The van der Waals surface area contributed by atoms with Gasteiger partial charge in [0.2, 0.25) is 0 Å². The summed E-state index contributed by atoms with van der Waals surface area (Å²) in [5.41, 5.74) is 5.32. The smallest absolute Gasteiger partial charge is 0.282 e. The average molecular weight is 489 g/mol. The Balaban J connectivity index is 1.65. The van der Waals surface area contributed by atoms with Gasteiger partial charge in [-0.15, -0.1) is 0 Å². The van der Waals surface area contributed by atoms with E-state index in [9.17, 15) is 4.79 Å². The topological polar surface area (TPSA) is 57.2 Å². The molecule has 2 heterocycles. The molecule has 4 rings (SSSR count). The molecule has 33 heavy (non-hydrogen) atoms. The van der Waals surface area contributed by atoms with Crippen molar-refractivity contribution in [2.45, 2.75) is 45.6 Å². The highest BCUT2D eigenvalue weighted by atomic mass is 35.5. The molecule has 0 spiro atoms. The Hall–Kier alpha value is -2.28. The summed E-state index contributed by atoms with van der Waals surface area (Å²) in [5, 5.41) is 9.70. The van der Waals surface area contributed by atoms with E-state index in [1.54, 1.807) is 12.1 Å². The molecule has 2 aliphatic heterocycles. The highest BCUT2D eigenvalue weighted by Crippen LogP contribution is 2.42. The van der Waals surface area contributed by atoms with E-state index in [1.165, 1.54) is 12.8 Å². The number of ether oxygens (including phenoxy) is 1. The number of hydrazine groups is 1. The van der Waals surface area contributed by atoms with Crippen molar-refractivity contribution in [3.63, 3.8) is 0 Å². The Morgan fingerprint density at radius 3 is 2.42 bits per heavy atom. The number of anilines is 1.